The molecule has 7 nitrogen and oxygen atoms in total. The van der Waals surface area contributed by atoms with E-state index in [4.69, 9.17) is 9.26 Å². The number of benzene rings is 2. The first kappa shape index (κ1) is 16.3. The summed E-state index contributed by atoms with van der Waals surface area (Å²) in [7, 11) is 1.58. The van der Waals surface area contributed by atoms with E-state index in [2.05, 4.69) is 15.6 Å². The van der Waals surface area contributed by atoms with Crippen LogP contribution in [0.15, 0.2) is 51.8 Å². The SMILES string of the molecule is COc1ccc(-[n+]2[nH]oc(=O)c2CNc2nc3ccc(F)cc3s2)cc1. The Morgan fingerprint density at radius 1 is 1.31 bits per heavy atom. The first-order valence-electron chi connectivity index (χ1n) is 7.71. The molecule has 0 aliphatic carbocycles. The van der Waals surface area contributed by atoms with E-state index < -0.39 is 5.63 Å². The van der Waals surface area contributed by atoms with Gasteiger partial charge in [0.05, 0.1) is 17.3 Å². The highest BCUT2D eigenvalue weighted by atomic mass is 32.1. The van der Waals surface area contributed by atoms with E-state index in [1.807, 2.05) is 0 Å². The second kappa shape index (κ2) is 6.60. The third-order valence-corrected chi connectivity index (χ3v) is 4.80. The number of H-pyrrole nitrogens is 1. The van der Waals surface area contributed by atoms with Gasteiger partial charge in [0, 0.05) is 12.1 Å². The Morgan fingerprint density at radius 2 is 2.12 bits per heavy atom. The van der Waals surface area contributed by atoms with Gasteiger partial charge in [0.25, 0.3) is 0 Å². The fourth-order valence-electron chi connectivity index (χ4n) is 2.52. The molecule has 132 valence electrons. The van der Waals surface area contributed by atoms with Crippen molar-refractivity contribution in [3.63, 3.8) is 0 Å². The second-order valence-electron chi connectivity index (χ2n) is 5.45. The van der Waals surface area contributed by atoms with Crippen molar-refractivity contribution in [3.8, 4) is 11.4 Å². The number of anilines is 1. The van der Waals surface area contributed by atoms with Gasteiger partial charge in [-0.1, -0.05) is 11.3 Å². The quantitative estimate of drug-likeness (QED) is 0.526. The van der Waals surface area contributed by atoms with Gasteiger partial charge in [0.1, 0.15) is 18.1 Å². The summed E-state index contributed by atoms with van der Waals surface area (Å²) < 4.78 is 25.6. The van der Waals surface area contributed by atoms with Crippen LogP contribution in [-0.2, 0) is 6.54 Å². The van der Waals surface area contributed by atoms with E-state index in [9.17, 15) is 9.18 Å². The maximum absolute atomic E-state index is 13.3. The van der Waals surface area contributed by atoms with E-state index in [0.717, 1.165) is 10.4 Å². The van der Waals surface area contributed by atoms with Gasteiger partial charge in [-0.3, -0.25) is 4.52 Å². The van der Waals surface area contributed by atoms with Crippen LogP contribution in [0.25, 0.3) is 15.9 Å². The Hall–Kier alpha value is -3.20. The molecule has 4 rings (SSSR count). The summed E-state index contributed by atoms with van der Waals surface area (Å²) in [5.41, 5.74) is 1.31. The summed E-state index contributed by atoms with van der Waals surface area (Å²) in [6, 6.07) is 11.6. The number of ether oxygens (including phenoxy) is 1. The molecule has 4 aromatic rings. The number of thiazole rings is 1. The van der Waals surface area contributed by atoms with E-state index >= 15 is 0 Å². The monoisotopic (exact) mass is 373 g/mol. The van der Waals surface area contributed by atoms with Gasteiger partial charge in [-0.05, 0) is 40.3 Å². The van der Waals surface area contributed by atoms with Crippen LogP contribution in [0.3, 0.4) is 0 Å². The van der Waals surface area contributed by atoms with Crippen molar-refractivity contribution in [2.24, 2.45) is 0 Å². The molecule has 2 heterocycles. The zero-order valence-corrected chi connectivity index (χ0v) is 14.5. The molecule has 9 heteroatoms. The molecule has 2 N–H and O–H groups in total. The van der Waals surface area contributed by atoms with Crippen molar-refractivity contribution in [2.75, 3.05) is 12.4 Å². The lowest BCUT2D eigenvalue weighted by atomic mass is 10.3. The minimum absolute atomic E-state index is 0.195. The number of hydrogen-bond acceptors (Lipinski definition) is 6. The number of aromatic amines is 1. The van der Waals surface area contributed by atoms with Gasteiger partial charge < -0.3 is 10.1 Å². The van der Waals surface area contributed by atoms with Crippen LogP contribution in [-0.4, -0.2) is 17.4 Å². The minimum Gasteiger partial charge on any atom is -0.497 e. The number of rotatable bonds is 5. The number of nitrogens with one attached hydrogen (secondary N) is 2. The summed E-state index contributed by atoms with van der Waals surface area (Å²) in [4.78, 5) is 16.4. The topological polar surface area (TPSA) is 84.0 Å². The lowest BCUT2D eigenvalue weighted by Crippen LogP contribution is -2.39. The van der Waals surface area contributed by atoms with Crippen molar-refractivity contribution in [3.05, 3.63) is 64.4 Å². The number of hydrogen-bond donors (Lipinski definition) is 2. The van der Waals surface area contributed by atoms with Crippen LogP contribution in [0.2, 0.25) is 0 Å². The summed E-state index contributed by atoms with van der Waals surface area (Å²) in [5, 5.41) is 6.26. The highest BCUT2D eigenvalue weighted by molar-refractivity contribution is 7.22. The second-order valence-corrected chi connectivity index (χ2v) is 6.48. The first-order valence-corrected chi connectivity index (χ1v) is 8.52. The lowest BCUT2D eigenvalue weighted by Gasteiger charge is -1.99. The molecular formula is C17H14FN4O3S+. The molecule has 2 aromatic carbocycles. The molecule has 0 spiro atoms. The number of nitrogens with zero attached hydrogens (tertiary/aromatic N) is 2. The summed E-state index contributed by atoms with van der Waals surface area (Å²) in [6.45, 7) is 0.195. The Balaban J connectivity index is 1.59. The van der Waals surface area contributed by atoms with E-state index in [0.29, 0.717) is 22.1 Å². The van der Waals surface area contributed by atoms with Crippen molar-refractivity contribution in [1.29, 1.82) is 0 Å². The highest BCUT2D eigenvalue weighted by Gasteiger charge is 2.23. The largest absolute Gasteiger partial charge is 0.497 e. The average Bonchev–Trinajstić information content (AvgIpc) is 3.22. The molecule has 0 amide bonds. The number of fused-ring (bicyclic) bond motifs is 1. The Bertz CT molecular complexity index is 1120. The normalized spacial score (nSPS) is 11.0. The van der Waals surface area contributed by atoms with Crippen LogP contribution >= 0.6 is 11.3 Å². The lowest BCUT2D eigenvalue weighted by molar-refractivity contribution is -0.677. The van der Waals surface area contributed by atoms with E-state index in [-0.39, 0.29) is 12.4 Å². The van der Waals surface area contributed by atoms with Crippen LogP contribution in [0.4, 0.5) is 9.52 Å². The molecule has 0 fully saturated rings. The fourth-order valence-corrected chi connectivity index (χ4v) is 3.40. The van der Waals surface area contributed by atoms with Crippen molar-refractivity contribution in [1.82, 2.24) is 10.3 Å². The van der Waals surface area contributed by atoms with Crippen molar-refractivity contribution >= 4 is 26.7 Å². The maximum atomic E-state index is 13.3. The van der Waals surface area contributed by atoms with Crippen molar-refractivity contribution in [2.45, 2.75) is 6.54 Å². The fraction of sp³-hybridized carbons (Fsp3) is 0.118. The molecule has 0 saturated carbocycles. The number of aromatic nitrogens is 3. The molecule has 0 atom stereocenters. The van der Waals surface area contributed by atoms with Gasteiger partial charge >= 0.3 is 11.3 Å². The zero-order chi connectivity index (χ0) is 18.1. The standard InChI is InChI=1S/C17H13FN4O3S/c1-24-12-5-3-11(4-6-12)22-14(16(23)25-21-22)9-19-17-20-13-7-2-10(18)8-15(13)26-17/h2-8H,9H2,1H3,(H-,19,20,21,23)/p+1. The summed E-state index contributed by atoms with van der Waals surface area (Å²) in [6.07, 6.45) is 0. The number of methoxy groups -OCH3 is 1. The van der Waals surface area contributed by atoms with Gasteiger partial charge in [-0.2, -0.15) is 0 Å². The third kappa shape index (κ3) is 3.04. The molecule has 26 heavy (non-hydrogen) atoms. The molecule has 0 bridgehead atoms. The molecule has 0 aliphatic rings. The molecule has 0 aliphatic heterocycles. The van der Waals surface area contributed by atoms with Crippen LogP contribution in [0.1, 0.15) is 5.69 Å². The average molecular weight is 373 g/mol. The van der Waals surface area contributed by atoms with Gasteiger partial charge in [-0.25, -0.2) is 14.2 Å². The van der Waals surface area contributed by atoms with Gasteiger partial charge in [0.15, 0.2) is 5.13 Å². The molecule has 0 radical (unpaired) electrons. The predicted molar refractivity (Wildman–Crippen MR) is 94.3 cm³/mol. The van der Waals surface area contributed by atoms with E-state index in [1.54, 1.807) is 42.1 Å². The van der Waals surface area contributed by atoms with Crippen LogP contribution < -0.4 is 20.4 Å². The van der Waals surface area contributed by atoms with Gasteiger partial charge in [0.2, 0.25) is 5.69 Å². The zero-order valence-electron chi connectivity index (χ0n) is 13.7. The van der Waals surface area contributed by atoms with E-state index in [1.165, 1.54) is 23.5 Å². The molecule has 0 saturated heterocycles. The maximum Gasteiger partial charge on any atom is 0.432 e. The van der Waals surface area contributed by atoms with Crippen molar-refractivity contribution < 1.29 is 18.3 Å². The highest BCUT2D eigenvalue weighted by Crippen LogP contribution is 2.26. The molecule has 2 aromatic heterocycles. The Morgan fingerprint density at radius 3 is 2.88 bits per heavy atom. The minimum atomic E-state index is -0.486. The smallest absolute Gasteiger partial charge is 0.432 e. The third-order valence-electron chi connectivity index (χ3n) is 3.82. The number of halogens is 1. The van der Waals surface area contributed by atoms with Crippen LogP contribution in [0, 0.1) is 5.82 Å². The molecular weight excluding hydrogens is 359 g/mol. The summed E-state index contributed by atoms with van der Waals surface area (Å²) >= 11 is 1.31. The first-order chi connectivity index (χ1) is 12.6. The molecule has 0 unspecified atom stereocenters. The Kier molecular flexibility index (Phi) is 4.13. The van der Waals surface area contributed by atoms with Crippen LogP contribution in [0.5, 0.6) is 5.75 Å². The predicted octanol–water partition coefficient (Wildman–Crippen LogP) is 2.61. The Labute approximate surface area is 150 Å². The summed E-state index contributed by atoms with van der Waals surface area (Å²) in [5.74, 6) is 0.401. The van der Waals surface area contributed by atoms with Gasteiger partial charge in [-0.15, -0.1) is 0 Å².